The monoisotopic (exact) mass is 349 g/mol. The zero-order chi connectivity index (χ0) is 16.2. The maximum absolute atomic E-state index is 4.52. The summed E-state index contributed by atoms with van der Waals surface area (Å²) in [5, 5.41) is 13.2. The number of aromatic amines is 1. The van der Waals surface area contributed by atoms with Gasteiger partial charge in [0.2, 0.25) is 0 Å². The SMILES string of the molecule is c1ccc(Nc2n[nH]c(-c3ccccc3)c2Sc2cccs2)cc1. The number of nitrogens with one attached hydrogen (secondary N) is 2. The van der Waals surface area contributed by atoms with Crippen LogP contribution in [-0.4, -0.2) is 10.2 Å². The topological polar surface area (TPSA) is 40.7 Å². The van der Waals surface area contributed by atoms with Crippen molar-refractivity contribution in [2.24, 2.45) is 0 Å². The van der Waals surface area contributed by atoms with Crippen molar-refractivity contribution in [2.45, 2.75) is 9.10 Å². The number of aromatic nitrogens is 2. The molecule has 0 aliphatic carbocycles. The number of nitrogens with zero attached hydrogens (tertiary/aromatic N) is 1. The van der Waals surface area contributed by atoms with Crippen LogP contribution in [0.5, 0.6) is 0 Å². The van der Waals surface area contributed by atoms with Crippen LogP contribution >= 0.6 is 23.1 Å². The molecule has 0 saturated heterocycles. The average molecular weight is 349 g/mol. The molecule has 2 aromatic heterocycles. The van der Waals surface area contributed by atoms with Crippen molar-refractivity contribution in [2.75, 3.05) is 5.32 Å². The largest absolute Gasteiger partial charge is 0.338 e. The van der Waals surface area contributed by atoms with Gasteiger partial charge in [-0.1, -0.05) is 66.4 Å². The summed E-state index contributed by atoms with van der Waals surface area (Å²) in [5.74, 6) is 0.846. The fourth-order valence-electron chi connectivity index (χ4n) is 2.40. The van der Waals surface area contributed by atoms with Crippen LogP contribution in [0, 0.1) is 0 Å². The molecule has 4 rings (SSSR count). The van der Waals surface area contributed by atoms with E-state index in [-0.39, 0.29) is 0 Å². The number of thiophene rings is 1. The number of hydrogen-bond acceptors (Lipinski definition) is 4. The lowest BCUT2D eigenvalue weighted by molar-refractivity contribution is 1.10. The van der Waals surface area contributed by atoms with E-state index in [1.807, 2.05) is 48.5 Å². The van der Waals surface area contributed by atoms with Crippen molar-refractivity contribution in [1.82, 2.24) is 10.2 Å². The first-order valence-electron chi connectivity index (χ1n) is 7.57. The number of para-hydroxylation sites is 1. The van der Waals surface area contributed by atoms with Crippen LogP contribution in [0.1, 0.15) is 0 Å². The smallest absolute Gasteiger partial charge is 0.166 e. The molecule has 0 atom stereocenters. The summed E-state index contributed by atoms with van der Waals surface area (Å²) in [6.07, 6.45) is 0. The number of hydrogen-bond donors (Lipinski definition) is 2. The van der Waals surface area contributed by atoms with Crippen molar-refractivity contribution in [1.29, 1.82) is 0 Å². The van der Waals surface area contributed by atoms with E-state index in [1.165, 1.54) is 4.21 Å². The third kappa shape index (κ3) is 3.22. The van der Waals surface area contributed by atoms with Gasteiger partial charge in [0.25, 0.3) is 0 Å². The molecule has 0 aliphatic rings. The van der Waals surface area contributed by atoms with E-state index in [0.717, 1.165) is 27.7 Å². The van der Waals surface area contributed by atoms with Gasteiger partial charge in [-0.2, -0.15) is 5.10 Å². The predicted octanol–water partition coefficient (Wildman–Crippen LogP) is 6.03. The van der Waals surface area contributed by atoms with E-state index < -0.39 is 0 Å². The minimum atomic E-state index is 0.846. The van der Waals surface area contributed by atoms with Gasteiger partial charge in [0, 0.05) is 11.3 Å². The lowest BCUT2D eigenvalue weighted by atomic mass is 10.1. The van der Waals surface area contributed by atoms with Crippen LogP contribution in [0.2, 0.25) is 0 Å². The van der Waals surface area contributed by atoms with E-state index in [9.17, 15) is 0 Å². The highest BCUT2D eigenvalue weighted by Crippen LogP contribution is 2.41. The lowest BCUT2D eigenvalue weighted by Crippen LogP contribution is -1.91. The highest BCUT2D eigenvalue weighted by atomic mass is 32.2. The van der Waals surface area contributed by atoms with Gasteiger partial charge in [0.1, 0.15) is 0 Å². The molecule has 2 aromatic carbocycles. The second-order valence-corrected chi connectivity index (χ2v) is 7.43. The maximum atomic E-state index is 4.52. The van der Waals surface area contributed by atoms with E-state index in [1.54, 1.807) is 23.1 Å². The Morgan fingerprint density at radius 1 is 0.875 bits per heavy atom. The second-order valence-electron chi connectivity index (χ2n) is 5.17. The molecule has 3 nitrogen and oxygen atoms in total. The van der Waals surface area contributed by atoms with Crippen molar-refractivity contribution in [3.05, 3.63) is 78.2 Å². The van der Waals surface area contributed by atoms with Gasteiger partial charge in [0.05, 0.1) is 14.8 Å². The molecule has 118 valence electrons. The van der Waals surface area contributed by atoms with Crippen molar-refractivity contribution < 1.29 is 0 Å². The molecule has 2 heterocycles. The Balaban J connectivity index is 1.74. The quantitative estimate of drug-likeness (QED) is 0.462. The lowest BCUT2D eigenvalue weighted by Gasteiger charge is -2.07. The Hall–Kier alpha value is -2.50. The summed E-state index contributed by atoms with van der Waals surface area (Å²) in [6, 6.07) is 24.6. The normalized spacial score (nSPS) is 10.7. The molecule has 0 fully saturated rings. The van der Waals surface area contributed by atoms with Crippen LogP contribution < -0.4 is 5.32 Å². The first-order valence-corrected chi connectivity index (χ1v) is 9.27. The Morgan fingerprint density at radius 2 is 1.62 bits per heavy atom. The molecule has 0 spiro atoms. The molecule has 24 heavy (non-hydrogen) atoms. The van der Waals surface area contributed by atoms with E-state index >= 15 is 0 Å². The molecule has 4 aromatic rings. The van der Waals surface area contributed by atoms with Gasteiger partial charge >= 0.3 is 0 Å². The Morgan fingerprint density at radius 3 is 2.33 bits per heavy atom. The molecule has 0 bridgehead atoms. The van der Waals surface area contributed by atoms with Gasteiger partial charge in [0.15, 0.2) is 5.82 Å². The number of benzene rings is 2. The number of anilines is 2. The molecule has 0 radical (unpaired) electrons. The second kappa shape index (κ2) is 6.95. The maximum Gasteiger partial charge on any atom is 0.166 e. The molecule has 2 N–H and O–H groups in total. The van der Waals surface area contributed by atoms with E-state index in [4.69, 9.17) is 0 Å². The molecular weight excluding hydrogens is 334 g/mol. The molecular formula is C19H15N3S2. The van der Waals surface area contributed by atoms with E-state index in [0.29, 0.717) is 0 Å². The van der Waals surface area contributed by atoms with Gasteiger partial charge in [-0.3, -0.25) is 5.10 Å². The van der Waals surface area contributed by atoms with Crippen molar-refractivity contribution >= 4 is 34.6 Å². The predicted molar refractivity (Wildman–Crippen MR) is 102 cm³/mol. The Labute approximate surface area is 148 Å². The highest BCUT2D eigenvalue weighted by Gasteiger charge is 2.16. The summed E-state index contributed by atoms with van der Waals surface area (Å²) >= 11 is 3.46. The minimum absolute atomic E-state index is 0.846. The van der Waals surface area contributed by atoms with Crippen LogP contribution in [0.25, 0.3) is 11.3 Å². The average Bonchev–Trinajstić information content (AvgIpc) is 3.28. The summed E-state index contributed by atoms with van der Waals surface area (Å²) in [6.45, 7) is 0. The zero-order valence-electron chi connectivity index (χ0n) is 12.8. The highest BCUT2D eigenvalue weighted by molar-refractivity contribution is 8.01. The van der Waals surface area contributed by atoms with Crippen molar-refractivity contribution in [3.63, 3.8) is 0 Å². The zero-order valence-corrected chi connectivity index (χ0v) is 14.4. The third-order valence-corrected chi connectivity index (χ3v) is 5.66. The third-order valence-electron chi connectivity index (χ3n) is 3.52. The molecule has 0 unspecified atom stereocenters. The molecule has 0 aliphatic heterocycles. The first kappa shape index (κ1) is 15.1. The molecule has 5 heteroatoms. The Kier molecular flexibility index (Phi) is 4.36. The van der Waals surface area contributed by atoms with Crippen LogP contribution in [-0.2, 0) is 0 Å². The van der Waals surface area contributed by atoms with Crippen molar-refractivity contribution in [3.8, 4) is 11.3 Å². The van der Waals surface area contributed by atoms with Gasteiger partial charge in [-0.05, 0) is 23.6 Å². The summed E-state index contributed by atoms with van der Waals surface area (Å²) in [7, 11) is 0. The minimum Gasteiger partial charge on any atom is -0.338 e. The molecule has 0 saturated carbocycles. The number of H-pyrrole nitrogens is 1. The van der Waals surface area contributed by atoms with E-state index in [2.05, 4.69) is 45.2 Å². The van der Waals surface area contributed by atoms with Crippen LogP contribution in [0.4, 0.5) is 11.5 Å². The molecule has 0 amide bonds. The van der Waals surface area contributed by atoms with Crippen LogP contribution in [0.3, 0.4) is 0 Å². The van der Waals surface area contributed by atoms with Crippen LogP contribution in [0.15, 0.2) is 87.3 Å². The summed E-state index contributed by atoms with van der Waals surface area (Å²) in [5.41, 5.74) is 3.19. The standard InChI is InChI=1S/C19H15N3S2/c1-3-8-14(9-4-1)17-18(24-16-12-7-13-23-16)19(22-21-17)20-15-10-5-2-6-11-15/h1-13H,(H2,20,21,22). The van der Waals surface area contributed by atoms with Gasteiger partial charge < -0.3 is 5.32 Å². The number of rotatable bonds is 5. The van der Waals surface area contributed by atoms with Gasteiger partial charge in [-0.15, -0.1) is 11.3 Å². The fraction of sp³-hybridized carbons (Fsp3) is 0. The fourth-order valence-corrected chi connectivity index (χ4v) is 4.26. The Bertz CT molecular complexity index is 900. The summed E-state index contributed by atoms with van der Waals surface area (Å²) in [4.78, 5) is 1.10. The summed E-state index contributed by atoms with van der Waals surface area (Å²) < 4.78 is 1.24. The van der Waals surface area contributed by atoms with Gasteiger partial charge in [-0.25, -0.2) is 0 Å². The first-order chi connectivity index (χ1) is 11.9.